The van der Waals surface area contributed by atoms with Crippen molar-refractivity contribution in [1.82, 2.24) is 20.0 Å². The largest absolute Gasteiger partial charge is 0.341 e. The van der Waals surface area contributed by atoms with Gasteiger partial charge in [-0.05, 0) is 49.9 Å². The van der Waals surface area contributed by atoms with Crippen molar-refractivity contribution in [2.45, 2.75) is 32.7 Å². The normalized spacial score (nSPS) is 16.6. The molecule has 1 unspecified atom stereocenters. The van der Waals surface area contributed by atoms with Crippen LogP contribution in [0.3, 0.4) is 0 Å². The van der Waals surface area contributed by atoms with Crippen molar-refractivity contribution >= 4 is 5.91 Å². The molecule has 1 fully saturated rings. The lowest BCUT2D eigenvalue weighted by atomic mass is 9.84. The number of piperidine rings is 1. The average molecular weight is 340 g/mol. The number of nitrogens with one attached hydrogen (secondary N) is 1. The third-order valence-corrected chi connectivity index (χ3v) is 5.19. The summed E-state index contributed by atoms with van der Waals surface area (Å²) in [7, 11) is 1.89. The number of hydrogen-bond donors (Lipinski definition) is 1. The first-order chi connectivity index (χ1) is 12.1. The molecule has 0 saturated carbocycles. The van der Waals surface area contributed by atoms with Crippen molar-refractivity contribution < 1.29 is 4.79 Å². The lowest BCUT2D eigenvalue weighted by Crippen LogP contribution is -2.34. The van der Waals surface area contributed by atoms with Gasteiger partial charge in [0.2, 0.25) is 5.91 Å². The van der Waals surface area contributed by atoms with E-state index in [2.05, 4.69) is 17.3 Å². The third-order valence-electron chi connectivity index (χ3n) is 5.19. The molecule has 0 aliphatic carbocycles. The molecule has 1 amide bonds. The van der Waals surface area contributed by atoms with E-state index in [4.69, 9.17) is 0 Å². The maximum absolute atomic E-state index is 12.6. The topological polar surface area (TPSA) is 50.2 Å². The molecule has 0 spiro atoms. The van der Waals surface area contributed by atoms with Crippen LogP contribution in [-0.4, -0.2) is 40.7 Å². The standard InChI is InChI=1S/C20H28N4O/c1-16(18-8-10-21-11-9-18)12-20(25)23(2)14-17-13-22-24(15-17)19-6-4-3-5-7-19/h3-7,13,15-16,18,21H,8-12,14H2,1-2H3. The Bertz CT molecular complexity index is 676. The van der Waals surface area contributed by atoms with Crippen LogP contribution in [0.2, 0.25) is 0 Å². The number of nitrogens with zero attached hydrogens (tertiary/aromatic N) is 3. The van der Waals surface area contributed by atoms with Crippen LogP contribution < -0.4 is 5.32 Å². The minimum Gasteiger partial charge on any atom is -0.341 e. The lowest BCUT2D eigenvalue weighted by Gasteiger charge is -2.29. The van der Waals surface area contributed by atoms with E-state index in [1.54, 1.807) is 0 Å². The third kappa shape index (κ3) is 4.69. The molecular formula is C20H28N4O. The highest BCUT2D eigenvalue weighted by Crippen LogP contribution is 2.25. The fourth-order valence-corrected chi connectivity index (χ4v) is 3.54. The summed E-state index contributed by atoms with van der Waals surface area (Å²) in [5, 5.41) is 7.79. The maximum Gasteiger partial charge on any atom is 0.222 e. The van der Waals surface area contributed by atoms with Gasteiger partial charge < -0.3 is 10.2 Å². The summed E-state index contributed by atoms with van der Waals surface area (Å²) in [6.07, 6.45) is 6.83. The van der Waals surface area contributed by atoms with E-state index in [-0.39, 0.29) is 5.91 Å². The molecule has 134 valence electrons. The zero-order valence-corrected chi connectivity index (χ0v) is 15.2. The highest BCUT2D eigenvalue weighted by Gasteiger charge is 2.23. The molecule has 0 bridgehead atoms. The molecule has 1 N–H and O–H groups in total. The molecule has 1 aromatic carbocycles. The molecule has 25 heavy (non-hydrogen) atoms. The summed E-state index contributed by atoms with van der Waals surface area (Å²) in [6, 6.07) is 10.0. The average Bonchev–Trinajstić information content (AvgIpc) is 3.11. The van der Waals surface area contributed by atoms with Gasteiger partial charge in [0.05, 0.1) is 11.9 Å². The van der Waals surface area contributed by atoms with Gasteiger partial charge in [0, 0.05) is 31.8 Å². The molecule has 1 saturated heterocycles. The fourth-order valence-electron chi connectivity index (χ4n) is 3.54. The molecule has 3 rings (SSSR count). The van der Waals surface area contributed by atoms with Gasteiger partial charge in [-0.2, -0.15) is 5.10 Å². The number of carbonyl (C=O) groups excluding carboxylic acids is 1. The molecule has 1 aromatic heterocycles. The van der Waals surface area contributed by atoms with Crippen molar-refractivity contribution in [3.63, 3.8) is 0 Å². The Labute approximate surface area is 150 Å². The van der Waals surface area contributed by atoms with Gasteiger partial charge >= 0.3 is 0 Å². The van der Waals surface area contributed by atoms with E-state index in [1.807, 2.05) is 59.4 Å². The monoisotopic (exact) mass is 340 g/mol. The van der Waals surface area contributed by atoms with Crippen LogP contribution in [0, 0.1) is 11.8 Å². The summed E-state index contributed by atoms with van der Waals surface area (Å²) in [5.41, 5.74) is 2.08. The smallest absolute Gasteiger partial charge is 0.222 e. The van der Waals surface area contributed by atoms with E-state index in [9.17, 15) is 4.79 Å². The second-order valence-electron chi connectivity index (χ2n) is 7.15. The quantitative estimate of drug-likeness (QED) is 0.880. The molecule has 2 aromatic rings. The number of benzene rings is 1. The number of hydrogen-bond acceptors (Lipinski definition) is 3. The molecule has 1 atom stereocenters. The lowest BCUT2D eigenvalue weighted by molar-refractivity contribution is -0.131. The summed E-state index contributed by atoms with van der Waals surface area (Å²) < 4.78 is 1.85. The van der Waals surface area contributed by atoms with Gasteiger partial charge in [-0.3, -0.25) is 4.79 Å². The van der Waals surface area contributed by atoms with Gasteiger partial charge in [-0.15, -0.1) is 0 Å². The van der Waals surface area contributed by atoms with Gasteiger partial charge in [-0.25, -0.2) is 4.68 Å². The Morgan fingerprint density at radius 1 is 1.32 bits per heavy atom. The fraction of sp³-hybridized carbons (Fsp3) is 0.500. The van der Waals surface area contributed by atoms with E-state index in [0.717, 1.165) is 24.3 Å². The Balaban J connectivity index is 1.54. The van der Waals surface area contributed by atoms with Crippen LogP contribution >= 0.6 is 0 Å². The number of amides is 1. The molecule has 1 aliphatic heterocycles. The van der Waals surface area contributed by atoms with E-state index in [1.165, 1.54) is 12.8 Å². The second-order valence-corrected chi connectivity index (χ2v) is 7.15. The first-order valence-corrected chi connectivity index (χ1v) is 9.17. The number of carbonyl (C=O) groups is 1. The SMILES string of the molecule is CC(CC(=O)N(C)Cc1cnn(-c2ccccc2)c1)C1CCNCC1. The summed E-state index contributed by atoms with van der Waals surface area (Å²) in [6.45, 7) is 4.98. The Hall–Kier alpha value is -2.14. The van der Waals surface area contributed by atoms with Gasteiger partial charge in [0.25, 0.3) is 0 Å². The predicted molar refractivity (Wildman–Crippen MR) is 99.4 cm³/mol. The molecular weight excluding hydrogens is 312 g/mol. The van der Waals surface area contributed by atoms with Gasteiger partial charge in [0.1, 0.15) is 0 Å². The van der Waals surface area contributed by atoms with Crippen molar-refractivity contribution in [2.75, 3.05) is 20.1 Å². The van der Waals surface area contributed by atoms with Crippen LogP contribution in [0.4, 0.5) is 0 Å². The number of rotatable bonds is 6. The zero-order chi connectivity index (χ0) is 17.6. The van der Waals surface area contributed by atoms with Crippen LogP contribution in [0.1, 0.15) is 31.7 Å². The summed E-state index contributed by atoms with van der Waals surface area (Å²) in [4.78, 5) is 14.4. The van der Waals surface area contributed by atoms with E-state index < -0.39 is 0 Å². The van der Waals surface area contributed by atoms with Crippen LogP contribution in [0.25, 0.3) is 5.69 Å². The molecule has 1 aliphatic rings. The van der Waals surface area contributed by atoms with Crippen LogP contribution in [-0.2, 0) is 11.3 Å². The Morgan fingerprint density at radius 3 is 2.76 bits per heavy atom. The first kappa shape index (κ1) is 17.7. The highest BCUT2D eigenvalue weighted by molar-refractivity contribution is 5.76. The molecule has 5 nitrogen and oxygen atoms in total. The first-order valence-electron chi connectivity index (χ1n) is 9.17. The highest BCUT2D eigenvalue weighted by atomic mass is 16.2. The minimum absolute atomic E-state index is 0.221. The van der Waals surface area contributed by atoms with Gasteiger partial charge in [0.15, 0.2) is 0 Å². The van der Waals surface area contributed by atoms with Crippen molar-refractivity contribution in [2.24, 2.45) is 11.8 Å². The zero-order valence-electron chi connectivity index (χ0n) is 15.2. The second kappa shape index (κ2) is 8.30. The predicted octanol–water partition coefficient (Wildman–Crippen LogP) is 2.86. The molecule has 5 heteroatoms. The number of aromatic nitrogens is 2. The van der Waals surface area contributed by atoms with Crippen LogP contribution in [0.15, 0.2) is 42.7 Å². The summed E-state index contributed by atoms with van der Waals surface area (Å²) >= 11 is 0. The minimum atomic E-state index is 0.221. The molecule has 0 radical (unpaired) electrons. The Morgan fingerprint density at radius 2 is 2.04 bits per heavy atom. The number of para-hydroxylation sites is 1. The van der Waals surface area contributed by atoms with Crippen molar-refractivity contribution in [3.8, 4) is 5.69 Å². The van der Waals surface area contributed by atoms with Crippen LogP contribution in [0.5, 0.6) is 0 Å². The Kier molecular flexibility index (Phi) is 5.87. The summed E-state index contributed by atoms with van der Waals surface area (Å²) in [5.74, 6) is 1.34. The van der Waals surface area contributed by atoms with E-state index in [0.29, 0.717) is 24.8 Å². The van der Waals surface area contributed by atoms with Crippen molar-refractivity contribution in [1.29, 1.82) is 0 Å². The maximum atomic E-state index is 12.6. The molecule has 2 heterocycles. The van der Waals surface area contributed by atoms with E-state index >= 15 is 0 Å². The van der Waals surface area contributed by atoms with Crippen molar-refractivity contribution in [3.05, 3.63) is 48.3 Å². The van der Waals surface area contributed by atoms with Gasteiger partial charge in [-0.1, -0.05) is 25.1 Å².